The van der Waals surface area contributed by atoms with Crippen LogP contribution < -0.4 is 9.47 Å². The predicted octanol–water partition coefficient (Wildman–Crippen LogP) is 3.92. The highest BCUT2D eigenvalue weighted by Gasteiger charge is 2.25. The highest BCUT2D eigenvalue weighted by molar-refractivity contribution is 7.10. The Balaban J connectivity index is 2.19. The van der Waals surface area contributed by atoms with Crippen LogP contribution in [0.25, 0.3) is 0 Å². The summed E-state index contributed by atoms with van der Waals surface area (Å²) < 4.78 is 15.8. The molecule has 0 N–H and O–H groups in total. The smallest absolute Gasteiger partial charge is 0.256 e. The van der Waals surface area contributed by atoms with Crippen molar-refractivity contribution >= 4 is 46.4 Å². The van der Waals surface area contributed by atoms with E-state index in [-0.39, 0.29) is 25.6 Å². The largest absolute Gasteiger partial charge is 0.493 e. The first kappa shape index (κ1) is 27.2. The lowest BCUT2D eigenvalue weighted by atomic mass is 10.1. The summed E-state index contributed by atoms with van der Waals surface area (Å²) in [5.74, 6) is 0.568. The average molecular weight is 517 g/mol. The second kappa shape index (κ2) is 13.6. The molecule has 0 bridgehead atoms. The number of amides is 2. The number of thiophene rings is 1. The van der Waals surface area contributed by atoms with Gasteiger partial charge in [-0.05, 0) is 48.1 Å². The van der Waals surface area contributed by atoms with Crippen LogP contribution >= 0.6 is 34.5 Å². The van der Waals surface area contributed by atoms with E-state index in [0.29, 0.717) is 31.0 Å². The summed E-state index contributed by atoms with van der Waals surface area (Å²) in [6.45, 7) is 3.29. The topological polar surface area (TPSA) is 68.3 Å². The van der Waals surface area contributed by atoms with E-state index < -0.39 is 10.7 Å². The van der Waals surface area contributed by atoms with Gasteiger partial charge in [-0.25, -0.2) is 0 Å². The zero-order chi connectivity index (χ0) is 24.4. The van der Waals surface area contributed by atoms with E-state index in [9.17, 15) is 9.59 Å². The van der Waals surface area contributed by atoms with Gasteiger partial charge in [-0.3, -0.25) is 9.59 Å². The summed E-state index contributed by atoms with van der Waals surface area (Å²) in [5.41, 5.74) is 2.13. The number of benzene rings is 1. The van der Waals surface area contributed by atoms with E-state index in [4.69, 9.17) is 37.4 Å². The van der Waals surface area contributed by atoms with Crippen molar-refractivity contribution in [2.75, 3.05) is 47.6 Å². The van der Waals surface area contributed by atoms with Gasteiger partial charge in [0, 0.05) is 25.1 Å². The highest BCUT2D eigenvalue weighted by Crippen LogP contribution is 2.28. The maximum Gasteiger partial charge on any atom is 0.256 e. The first-order chi connectivity index (χ1) is 15.8. The number of hydrogen-bond donors (Lipinski definition) is 0. The maximum absolute atomic E-state index is 13.3. The predicted molar refractivity (Wildman–Crippen MR) is 132 cm³/mol. The number of aryl methyl sites for hydroxylation is 1. The standard InChI is InChI=1S/C23H30Cl2N2O5S/c1-16-8-12-33-20(16)14-26(9-7-17-5-6-18(31-3)19(13-17)32-4)21(28)15-27(10-11-30-2)23(29)22(24)25/h5-6,8,12-13,22H,7,9-11,14-15H2,1-4H3. The highest BCUT2D eigenvalue weighted by atomic mass is 35.5. The Morgan fingerprint density at radius 3 is 2.33 bits per heavy atom. The minimum atomic E-state index is -1.24. The van der Waals surface area contributed by atoms with Crippen LogP contribution in [0, 0.1) is 6.92 Å². The molecule has 182 valence electrons. The fourth-order valence-electron chi connectivity index (χ4n) is 3.20. The van der Waals surface area contributed by atoms with Crippen LogP contribution in [-0.2, 0) is 27.3 Å². The van der Waals surface area contributed by atoms with Crippen molar-refractivity contribution in [2.45, 2.75) is 24.7 Å². The Morgan fingerprint density at radius 1 is 1.03 bits per heavy atom. The molecule has 1 aromatic heterocycles. The van der Waals surface area contributed by atoms with Gasteiger partial charge in [-0.15, -0.1) is 11.3 Å². The number of carbonyl (C=O) groups is 2. The van der Waals surface area contributed by atoms with Gasteiger partial charge in [0.1, 0.15) is 0 Å². The Bertz CT molecular complexity index is 922. The van der Waals surface area contributed by atoms with Crippen LogP contribution in [0.4, 0.5) is 0 Å². The first-order valence-electron chi connectivity index (χ1n) is 10.4. The molecule has 1 aromatic carbocycles. The fraction of sp³-hybridized carbons (Fsp3) is 0.478. The second-order valence-corrected chi connectivity index (χ2v) is 9.43. The summed E-state index contributed by atoms with van der Waals surface area (Å²) in [5, 5.41) is 2.00. The molecule has 2 rings (SSSR count). The fourth-order valence-corrected chi connectivity index (χ4v) is 4.40. The molecule has 0 aliphatic rings. The lowest BCUT2D eigenvalue weighted by Crippen LogP contribution is -2.46. The van der Waals surface area contributed by atoms with Gasteiger partial charge in [0.25, 0.3) is 5.91 Å². The van der Waals surface area contributed by atoms with Crippen molar-refractivity contribution in [1.29, 1.82) is 0 Å². The number of ether oxygens (including phenoxy) is 3. The van der Waals surface area contributed by atoms with E-state index >= 15 is 0 Å². The van der Waals surface area contributed by atoms with Crippen molar-refractivity contribution in [3.63, 3.8) is 0 Å². The Labute approximate surface area is 209 Å². The summed E-state index contributed by atoms with van der Waals surface area (Å²) >= 11 is 13.2. The minimum absolute atomic E-state index is 0.130. The Kier molecular flexibility index (Phi) is 11.3. The number of nitrogens with zero attached hydrogens (tertiary/aromatic N) is 2. The third kappa shape index (κ3) is 8.07. The molecule has 2 aromatic rings. The Morgan fingerprint density at radius 2 is 1.76 bits per heavy atom. The third-order valence-corrected chi connectivity index (χ3v) is 6.54. The molecule has 33 heavy (non-hydrogen) atoms. The first-order valence-corrected chi connectivity index (χ1v) is 12.1. The average Bonchev–Trinajstić information content (AvgIpc) is 3.22. The zero-order valence-corrected chi connectivity index (χ0v) is 21.6. The Hall–Kier alpha value is -2.00. The normalized spacial score (nSPS) is 10.9. The quantitative estimate of drug-likeness (QED) is 0.377. The summed E-state index contributed by atoms with van der Waals surface area (Å²) in [7, 11) is 4.70. The van der Waals surface area contributed by atoms with E-state index in [1.54, 1.807) is 30.5 Å². The van der Waals surface area contributed by atoms with Gasteiger partial charge < -0.3 is 24.0 Å². The van der Waals surface area contributed by atoms with Gasteiger partial charge in [0.05, 0.1) is 33.9 Å². The van der Waals surface area contributed by atoms with E-state index in [1.807, 2.05) is 36.6 Å². The number of carbonyl (C=O) groups excluding carboxylic acids is 2. The van der Waals surface area contributed by atoms with Crippen molar-refractivity contribution in [2.24, 2.45) is 0 Å². The summed E-state index contributed by atoms with van der Waals surface area (Å²) in [6, 6.07) is 7.71. The van der Waals surface area contributed by atoms with Crippen LogP contribution in [0.5, 0.6) is 11.5 Å². The van der Waals surface area contributed by atoms with Crippen LogP contribution in [0.1, 0.15) is 16.0 Å². The van der Waals surface area contributed by atoms with Crippen molar-refractivity contribution in [3.05, 3.63) is 45.6 Å². The number of hydrogen-bond acceptors (Lipinski definition) is 6. The number of alkyl halides is 2. The summed E-state index contributed by atoms with van der Waals surface area (Å²) in [4.78, 5) is 28.6. The molecule has 0 aliphatic heterocycles. The van der Waals surface area contributed by atoms with Gasteiger partial charge in [-0.2, -0.15) is 0 Å². The van der Waals surface area contributed by atoms with E-state index in [1.165, 1.54) is 12.0 Å². The molecular formula is C23H30Cl2N2O5S. The lowest BCUT2D eigenvalue weighted by molar-refractivity contribution is -0.140. The molecule has 0 aliphatic carbocycles. The van der Waals surface area contributed by atoms with Crippen LogP contribution in [0.15, 0.2) is 29.6 Å². The molecule has 0 radical (unpaired) electrons. The van der Waals surface area contributed by atoms with Crippen LogP contribution in [0.2, 0.25) is 0 Å². The van der Waals surface area contributed by atoms with Crippen molar-refractivity contribution in [1.82, 2.24) is 9.80 Å². The second-order valence-electron chi connectivity index (χ2n) is 7.33. The number of halogens is 2. The van der Waals surface area contributed by atoms with Gasteiger partial charge in [-0.1, -0.05) is 29.3 Å². The molecular weight excluding hydrogens is 487 g/mol. The van der Waals surface area contributed by atoms with Gasteiger partial charge in [0.15, 0.2) is 16.3 Å². The van der Waals surface area contributed by atoms with Crippen LogP contribution in [0.3, 0.4) is 0 Å². The minimum Gasteiger partial charge on any atom is -0.493 e. The SMILES string of the molecule is COCCN(CC(=O)N(CCc1ccc(OC)c(OC)c1)Cc1sccc1C)C(=O)C(Cl)Cl. The van der Waals surface area contributed by atoms with Crippen LogP contribution in [-0.4, -0.2) is 74.0 Å². The van der Waals surface area contributed by atoms with E-state index in [0.717, 1.165) is 16.0 Å². The van der Waals surface area contributed by atoms with Crippen molar-refractivity contribution in [3.8, 4) is 11.5 Å². The number of methoxy groups -OCH3 is 3. The number of rotatable bonds is 13. The summed E-state index contributed by atoms with van der Waals surface area (Å²) in [6.07, 6.45) is 0.607. The molecule has 1 heterocycles. The van der Waals surface area contributed by atoms with E-state index in [2.05, 4.69) is 0 Å². The molecule has 0 saturated heterocycles. The molecule has 10 heteroatoms. The van der Waals surface area contributed by atoms with Gasteiger partial charge >= 0.3 is 0 Å². The molecule has 2 amide bonds. The molecule has 0 saturated carbocycles. The third-order valence-electron chi connectivity index (χ3n) is 5.16. The monoisotopic (exact) mass is 516 g/mol. The molecule has 0 unspecified atom stereocenters. The zero-order valence-electron chi connectivity index (χ0n) is 19.3. The molecule has 7 nitrogen and oxygen atoms in total. The van der Waals surface area contributed by atoms with Gasteiger partial charge in [0.2, 0.25) is 5.91 Å². The van der Waals surface area contributed by atoms with Crippen molar-refractivity contribution < 1.29 is 23.8 Å². The lowest BCUT2D eigenvalue weighted by Gasteiger charge is -2.28. The molecule has 0 spiro atoms. The molecule has 0 atom stereocenters. The molecule has 0 fully saturated rings. The maximum atomic E-state index is 13.3.